The summed E-state index contributed by atoms with van der Waals surface area (Å²) in [6.45, 7) is 4.93. The molecule has 7 aromatic rings. The Hall–Kier alpha value is -7.95. The third-order valence-electron chi connectivity index (χ3n) is 15.8. The Morgan fingerprint density at radius 3 is 1.81 bits per heavy atom. The van der Waals surface area contributed by atoms with Crippen LogP contribution in [0, 0.1) is 17.8 Å². The molecular formula is C64H48N4. The van der Waals surface area contributed by atoms with Gasteiger partial charge in [-0.05, 0) is 110 Å². The van der Waals surface area contributed by atoms with E-state index in [1.807, 2.05) is 36.4 Å². The van der Waals surface area contributed by atoms with Crippen LogP contribution in [-0.2, 0) is 5.41 Å². The molecule has 4 nitrogen and oxygen atoms in total. The molecule has 324 valence electrons. The van der Waals surface area contributed by atoms with Crippen LogP contribution in [0.5, 0.6) is 0 Å². The lowest BCUT2D eigenvalue weighted by Gasteiger charge is -2.43. The van der Waals surface area contributed by atoms with Crippen molar-refractivity contribution in [2.24, 2.45) is 17.8 Å². The van der Waals surface area contributed by atoms with Gasteiger partial charge in [0.05, 0.1) is 0 Å². The van der Waals surface area contributed by atoms with Gasteiger partial charge in [0.1, 0.15) is 0 Å². The Balaban J connectivity index is 0.902. The van der Waals surface area contributed by atoms with Crippen LogP contribution >= 0.6 is 0 Å². The standard InChI is InChI=1S/C64H48N4/c1-64(2)56-37-55-50(35-51(56)52-36-53-47-30-16-17-32-58(47)68(59(53)38-57(52)64)43-25-10-5-11-26-43)44-27-12-13-28-45(44)54-34-49(46-29-14-15-31-48(46)60(54)55)41-23-18-24-42(33-41)63-66-61(39-19-6-3-7-20-39)65-62(67-63)40-21-8-4-9-22-40/h3-35,37-38,44-46,48,53H,36H2,1-2H3. The first kappa shape index (κ1) is 39.2. The van der Waals surface area contributed by atoms with Crippen LogP contribution in [0.25, 0.3) is 50.9 Å². The lowest BCUT2D eigenvalue weighted by Crippen LogP contribution is -2.30. The summed E-state index contributed by atoms with van der Waals surface area (Å²) in [4.78, 5) is 17.7. The molecule has 0 N–H and O–H groups in total. The van der Waals surface area contributed by atoms with Crippen molar-refractivity contribution in [1.82, 2.24) is 15.0 Å². The minimum atomic E-state index is -0.164. The predicted molar refractivity (Wildman–Crippen MR) is 278 cm³/mol. The van der Waals surface area contributed by atoms with Gasteiger partial charge in [0, 0.05) is 68.8 Å². The molecule has 0 radical (unpaired) electrons. The maximum Gasteiger partial charge on any atom is 0.164 e. The molecular weight excluding hydrogens is 825 g/mol. The third kappa shape index (κ3) is 5.89. The van der Waals surface area contributed by atoms with Crippen LogP contribution in [0.2, 0.25) is 0 Å². The Labute approximate surface area is 398 Å². The Morgan fingerprint density at radius 2 is 1.09 bits per heavy atom. The minimum absolute atomic E-state index is 0.164. The average molecular weight is 873 g/mol. The first-order valence-electron chi connectivity index (χ1n) is 24.2. The van der Waals surface area contributed by atoms with Crippen LogP contribution in [0.4, 0.5) is 11.4 Å². The number of anilines is 2. The minimum Gasteiger partial charge on any atom is -0.313 e. The van der Waals surface area contributed by atoms with Crippen LogP contribution in [0.15, 0.2) is 229 Å². The highest BCUT2D eigenvalue weighted by molar-refractivity contribution is 5.94. The summed E-state index contributed by atoms with van der Waals surface area (Å²) in [5.41, 5.74) is 22.3. The van der Waals surface area contributed by atoms with Gasteiger partial charge in [-0.1, -0.05) is 184 Å². The lowest BCUT2D eigenvalue weighted by atomic mass is 9.60. The smallest absolute Gasteiger partial charge is 0.164 e. The molecule has 1 aromatic heterocycles. The maximum atomic E-state index is 5.12. The molecule has 14 rings (SSSR count). The first-order valence-corrected chi connectivity index (χ1v) is 24.2. The molecule has 5 atom stereocenters. The van der Waals surface area contributed by atoms with Gasteiger partial charge >= 0.3 is 0 Å². The van der Waals surface area contributed by atoms with E-state index >= 15 is 0 Å². The van der Waals surface area contributed by atoms with Gasteiger partial charge in [0.15, 0.2) is 17.5 Å². The predicted octanol–water partition coefficient (Wildman–Crippen LogP) is 15.2. The highest BCUT2D eigenvalue weighted by atomic mass is 15.2. The highest BCUT2D eigenvalue weighted by Crippen LogP contribution is 2.62. The van der Waals surface area contributed by atoms with Crippen LogP contribution < -0.4 is 4.90 Å². The van der Waals surface area contributed by atoms with E-state index in [2.05, 4.69) is 195 Å². The van der Waals surface area contributed by atoms with Crippen molar-refractivity contribution < 1.29 is 0 Å². The van der Waals surface area contributed by atoms with E-state index in [1.54, 1.807) is 0 Å². The number of allylic oxidation sites excluding steroid dienone is 16. The summed E-state index contributed by atoms with van der Waals surface area (Å²) in [6.07, 6.45) is 25.0. The molecule has 6 aliphatic carbocycles. The van der Waals surface area contributed by atoms with E-state index in [-0.39, 0.29) is 29.1 Å². The zero-order valence-electron chi connectivity index (χ0n) is 38.1. The average Bonchev–Trinajstić information content (AvgIpc) is 3.84. The molecule has 0 bridgehead atoms. The SMILES string of the molecule is CC1(C)C2=C(CC3C(=C2)N(c2ccccc2)c2ccccc23)c2cc3c(cc21)C1=C(C=C(c2cccc(-c4nc(-c5ccccc5)nc(-c5ccccc5)n4)c2)C2C=CC=CC12)C1C=CC=CC31. The molecule has 0 amide bonds. The Morgan fingerprint density at radius 1 is 0.500 bits per heavy atom. The summed E-state index contributed by atoms with van der Waals surface area (Å²) in [7, 11) is 0. The number of benzene rings is 6. The van der Waals surface area contributed by atoms with E-state index in [0.29, 0.717) is 23.4 Å². The number of aromatic nitrogens is 3. The molecule has 0 saturated heterocycles. The van der Waals surface area contributed by atoms with E-state index < -0.39 is 0 Å². The van der Waals surface area contributed by atoms with Gasteiger partial charge in [0.25, 0.3) is 0 Å². The molecule has 2 heterocycles. The zero-order valence-corrected chi connectivity index (χ0v) is 38.1. The maximum absolute atomic E-state index is 5.12. The van der Waals surface area contributed by atoms with Gasteiger partial charge in [0.2, 0.25) is 0 Å². The Bertz CT molecular complexity index is 3470. The molecule has 0 spiro atoms. The number of nitrogens with zero attached hydrogens (tertiary/aromatic N) is 4. The molecule has 5 unspecified atom stereocenters. The first-order chi connectivity index (χ1) is 33.5. The molecule has 4 heteroatoms. The number of rotatable bonds is 5. The van der Waals surface area contributed by atoms with E-state index in [1.165, 1.54) is 78.3 Å². The molecule has 1 aliphatic heterocycles. The quantitative estimate of drug-likeness (QED) is 0.173. The summed E-state index contributed by atoms with van der Waals surface area (Å²) in [5.74, 6) is 3.14. The van der Waals surface area contributed by atoms with Crippen molar-refractivity contribution in [3.8, 4) is 34.2 Å². The zero-order chi connectivity index (χ0) is 45.1. The van der Waals surface area contributed by atoms with E-state index in [4.69, 9.17) is 15.0 Å². The van der Waals surface area contributed by atoms with Crippen LogP contribution in [0.3, 0.4) is 0 Å². The fourth-order valence-electron chi connectivity index (χ4n) is 12.7. The van der Waals surface area contributed by atoms with Crippen molar-refractivity contribution in [1.29, 1.82) is 0 Å². The number of hydrogen-bond donors (Lipinski definition) is 0. The van der Waals surface area contributed by atoms with Gasteiger partial charge in [-0.2, -0.15) is 0 Å². The molecule has 0 saturated carbocycles. The van der Waals surface area contributed by atoms with Gasteiger partial charge in [-0.15, -0.1) is 0 Å². The van der Waals surface area contributed by atoms with Crippen LogP contribution in [-0.4, -0.2) is 15.0 Å². The van der Waals surface area contributed by atoms with Gasteiger partial charge in [-0.25, -0.2) is 15.0 Å². The normalized spacial score (nSPS) is 22.9. The van der Waals surface area contributed by atoms with Gasteiger partial charge in [-0.3, -0.25) is 0 Å². The van der Waals surface area contributed by atoms with E-state index in [9.17, 15) is 0 Å². The summed E-state index contributed by atoms with van der Waals surface area (Å²) < 4.78 is 0. The summed E-state index contributed by atoms with van der Waals surface area (Å²) in [6, 6.07) is 54.6. The lowest BCUT2D eigenvalue weighted by molar-refractivity contribution is 0.613. The van der Waals surface area contributed by atoms with Crippen molar-refractivity contribution in [2.45, 2.75) is 37.5 Å². The largest absolute Gasteiger partial charge is 0.313 e. The second-order valence-corrected chi connectivity index (χ2v) is 19.8. The fourth-order valence-corrected chi connectivity index (χ4v) is 12.7. The number of para-hydroxylation sites is 2. The van der Waals surface area contributed by atoms with E-state index in [0.717, 1.165) is 23.1 Å². The summed E-state index contributed by atoms with van der Waals surface area (Å²) >= 11 is 0. The number of fused-ring (bicyclic) bond motifs is 12. The second-order valence-electron chi connectivity index (χ2n) is 19.8. The molecule has 7 aliphatic rings. The van der Waals surface area contributed by atoms with Crippen molar-refractivity contribution in [3.63, 3.8) is 0 Å². The van der Waals surface area contributed by atoms with Crippen molar-refractivity contribution in [3.05, 3.63) is 263 Å². The van der Waals surface area contributed by atoms with Crippen molar-refractivity contribution >= 4 is 28.1 Å². The monoisotopic (exact) mass is 872 g/mol. The fraction of sp³-hybridized carbons (Fsp3) is 0.141. The third-order valence-corrected chi connectivity index (χ3v) is 15.8. The van der Waals surface area contributed by atoms with Gasteiger partial charge < -0.3 is 4.90 Å². The molecule has 68 heavy (non-hydrogen) atoms. The van der Waals surface area contributed by atoms with Crippen LogP contribution in [0.1, 0.15) is 65.5 Å². The topological polar surface area (TPSA) is 41.9 Å². The summed E-state index contributed by atoms with van der Waals surface area (Å²) in [5, 5.41) is 0. The highest BCUT2D eigenvalue weighted by Gasteiger charge is 2.48. The second kappa shape index (κ2) is 15.0. The molecule has 0 fully saturated rings. The number of hydrogen-bond acceptors (Lipinski definition) is 4. The molecule has 6 aromatic carbocycles. The Kier molecular flexibility index (Phi) is 8.67. The van der Waals surface area contributed by atoms with Crippen molar-refractivity contribution in [2.75, 3.05) is 4.90 Å².